The van der Waals surface area contributed by atoms with Gasteiger partial charge in [-0.3, -0.25) is 4.79 Å². The monoisotopic (exact) mass is 418 g/mol. The average molecular weight is 419 g/mol. The van der Waals surface area contributed by atoms with Gasteiger partial charge >= 0.3 is 0 Å². The van der Waals surface area contributed by atoms with Gasteiger partial charge in [-0.1, -0.05) is 0 Å². The van der Waals surface area contributed by atoms with E-state index in [9.17, 15) is 4.79 Å². The van der Waals surface area contributed by atoms with Crippen LogP contribution in [0.25, 0.3) is 5.82 Å². The highest BCUT2D eigenvalue weighted by Gasteiger charge is 2.24. The lowest BCUT2D eigenvalue weighted by Gasteiger charge is -2.35. The fraction of sp³-hybridized carbons (Fsp3) is 0.391. The lowest BCUT2D eigenvalue weighted by Crippen LogP contribution is -2.49. The van der Waals surface area contributed by atoms with Crippen LogP contribution in [-0.4, -0.2) is 62.6 Å². The number of aromatic nitrogens is 4. The maximum atomic E-state index is 12.9. The molecule has 0 spiro atoms. The Bertz CT molecular complexity index is 1010. The van der Waals surface area contributed by atoms with Crippen LogP contribution >= 0.6 is 0 Å². The van der Waals surface area contributed by atoms with E-state index in [4.69, 9.17) is 4.74 Å². The number of ether oxygens (including phenoxy) is 1. The van der Waals surface area contributed by atoms with Crippen LogP contribution in [0.2, 0.25) is 0 Å². The van der Waals surface area contributed by atoms with Crippen LogP contribution < -0.4 is 9.64 Å². The van der Waals surface area contributed by atoms with Gasteiger partial charge in [-0.15, -0.1) is 0 Å². The van der Waals surface area contributed by atoms with E-state index in [-0.39, 0.29) is 12.0 Å². The summed E-state index contributed by atoms with van der Waals surface area (Å²) in [4.78, 5) is 30.1. The summed E-state index contributed by atoms with van der Waals surface area (Å²) in [6.07, 6.45) is 12.0. The number of carbonyl (C=O) groups excluding carboxylic acids is 1. The molecule has 8 nitrogen and oxygen atoms in total. The molecule has 3 aromatic rings. The summed E-state index contributed by atoms with van der Waals surface area (Å²) >= 11 is 0. The van der Waals surface area contributed by atoms with Gasteiger partial charge in [-0.05, 0) is 43.9 Å². The molecule has 0 N–H and O–H groups in total. The van der Waals surface area contributed by atoms with E-state index in [1.54, 1.807) is 12.5 Å². The number of pyridine rings is 1. The fourth-order valence-corrected chi connectivity index (χ4v) is 4.21. The van der Waals surface area contributed by atoms with Crippen LogP contribution in [0.5, 0.6) is 5.88 Å². The van der Waals surface area contributed by atoms with Crippen molar-refractivity contribution in [2.45, 2.75) is 31.8 Å². The summed E-state index contributed by atoms with van der Waals surface area (Å²) in [5.41, 5.74) is 0.601. The molecule has 0 unspecified atom stereocenters. The minimum Gasteiger partial charge on any atom is -0.474 e. The topological polar surface area (TPSA) is 76.4 Å². The molecule has 0 radical (unpaired) electrons. The van der Waals surface area contributed by atoms with Crippen molar-refractivity contribution >= 4 is 11.7 Å². The van der Waals surface area contributed by atoms with Crippen LogP contribution in [-0.2, 0) is 0 Å². The molecule has 1 saturated carbocycles. The van der Waals surface area contributed by atoms with E-state index in [0.717, 1.165) is 37.6 Å². The van der Waals surface area contributed by atoms with Crippen molar-refractivity contribution in [3.8, 4) is 11.7 Å². The lowest BCUT2D eigenvalue weighted by atomic mass is 10.2. The summed E-state index contributed by atoms with van der Waals surface area (Å²) < 4.78 is 7.85. The minimum atomic E-state index is 0.00952. The summed E-state index contributed by atoms with van der Waals surface area (Å²) in [7, 11) is 0. The quantitative estimate of drug-likeness (QED) is 0.634. The van der Waals surface area contributed by atoms with Crippen molar-refractivity contribution in [3.63, 3.8) is 0 Å². The normalized spacial score (nSPS) is 17.2. The molecule has 0 atom stereocenters. The van der Waals surface area contributed by atoms with Gasteiger partial charge in [0.15, 0.2) is 0 Å². The van der Waals surface area contributed by atoms with Gasteiger partial charge in [-0.2, -0.15) is 0 Å². The Balaban J connectivity index is 1.18. The van der Waals surface area contributed by atoms with Gasteiger partial charge in [0, 0.05) is 56.9 Å². The Labute approximate surface area is 181 Å². The Morgan fingerprint density at radius 2 is 1.68 bits per heavy atom. The SMILES string of the molecule is O=C(c1ccc(OC2CCCC2)nc1)N1CCN(c2cc(-n3cccc3)ncn2)CC1. The minimum absolute atomic E-state index is 0.00952. The third-order valence-electron chi connectivity index (χ3n) is 5.97. The third kappa shape index (κ3) is 4.38. The zero-order chi connectivity index (χ0) is 21.0. The van der Waals surface area contributed by atoms with Crippen LogP contribution in [0.1, 0.15) is 36.0 Å². The van der Waals surface area contributed by atoms with Gasteiger partial charge in [0.05, 0.1) is 5.56 Å². The zero-order valence-electron chi connectivity index (χ0n) is 17.4. The van der Waals surface area contributed by atoms with E-state index in [1.807, 2.05) is 52.2 Å². The summed E-state index contributed by atoms with van der Waals surface area (Å²) in [6, 6.07) is 9.54. The van der Waals surface area contributed by atoms with Gasteiger partial charge in [0.25, 0.3) is 5.91 Å². The predicted molar refractivity (Wildman–Crippen MR) is 117 cm³/mol. The molecule has 4 heterocycles. The standard InChI is InChI=1S/C23H26N6O2/c30-23(18-7-8-22(24-16-18)31-19-5-1-2-6-19)29-13-11-28(12-14-29)21-15-20(25-17-26-21)27-9-3-4-10-27/h3-4,7-10,15-17,19H,1-2,5-6,11-14H2. The second-order valence-electron chi connectivity index (χ2n) is 8.01. The molecule has 31 heavy (non-hydrogen) atoms. The van der Waals surface area contributed by atoms with Crippen molar-refractivity contribution in [1.29, 1.82) is 0 Å². The van der Waals surface area contributed by atoms with E-state index < -0.39 is 0 Å². The van der Waals surface area contributed by atoms with E-state index in [2.05, 4.69) is 19.9 Å². The first-order valence-corrected chi connectivity index (χ1v) is 10.9. The van der Waals surface area contributed by atoms with Crippen molar-refractivity contribution in [1.82, 2.24) is 24.4 Å². The second-order valence-corrected chi connectivity index (χ2v) is 8.01. The van der Waals surface area contributed by atoms with Crippen LogP contribution in [0.4, 0.5) is 5.82 Å². The van der Waals surface area contributed by atoms with E-state index in [1.165, 1.54) is 12.8 Å². The molecule has 0 aromatic carbocycles. The van der Waals surface area contributed by atoms with Crippen LogP contribution in [0.15, 0.2) is 55.2 Å². The highest BCUT2D eigenvalue weighted by Crippen LogP contribution is 2.23. The van der Waals surface area contributed by atoms with Crippen molar-refractivity contribution in [3.05, 3.63) is 60.8 Å². The number of piperazine rings is 1. The number of hydrogen-bond donors (Lipinski definition) is 0. The number of anilines is 1. The molecule has 2 fully saturated rings. The third-order valence-corrected chi connectivity index (χ3v) is 5.97. The molecule has 160 valence electrons. The highest BCUT2D eigenvalue weighted by molar-refractivity contribution is 5.94. The number of carbonyl (C=O) groups is 1. The van der Waals surface area contributed by atoms with E-state index >= 15 is 0 Å². The first-order chi connectivity index (χ1) is 15.3. The van der Waals surface area contributed by atoms with Gasteiger partial charge in [0.2, 0.25) is 5.88 Å². The largest absolute Gasteiger partial charge is 0.474 e. The van der Waals surface area contributed by atoms with Crippen molar-refractivity contribution in [2.24, 2.45) is 0 Å². The van der Waals surface area contributed by atoms with Crippen molar-refractivity contribution in [2.75, 3.05) is 31.1 Å². The van der Waals surface area contributed by atoms with Crippen LogP contribution in [0.3, 0.4) is 0 Å². The average Bonchev–Trinajstić information content (AvgIpc) is 3.54. The number of rotatable bonds is 5. The fourth-order valence-electron chi connectivity index (χ4n) is 4.21. The summed E-state index contributed by atoms with van der Waals surface area (Å²) in [5.74, 6) is 2.33. The van der Waals surface area contributed by atoms with Gasteiger partial charge in [-0.25, -0.2) is 15.0 Å². The molecule has 5 rings (SSSR count). The molecular weight excluding hydrogens is 392 g/mol. The maximum Gasteiger partial charge on any atom is 0.255 e. The second kappa shape index (κ2) is 8.75. The van der Waals surface area contributed by atoms with Gasteiger partial charge in [0.1, 0.15) is 24.1 Å². The molecule has 1 saturated heterocycles. The predicted octanol–water partition coefficient (Wildman–Crippen LogP) is 2.95. The Hall–Kier alpha value is -3.42. The number of nitrogens with zero attached hydrogens (tertiary/aromatic N) is 6. The highest BCUT2D eigenvalue weighted by atomic mass is 16.5. The maximum absolute atomic E-state index is 12.9. The lowest BCUT2D eigenvalue weighted by molar-refractivity contribution is 0.0746. The first kappa shape index (κ1) is 19.5. The smallest absolute Gasteiger partial charge is 0.255 e. The Morgan fingerprint density at radius 3 is 2.39 bits per heavy atom. The molecule has 3 aromatic heterocycles. The molecular formula is C23H26N6O2. The van der Waals surface area contributed by atoms with E-state index in [0.29, 0.717) is 24.5 Å². The molecule has 1 aliphatic heterocycles. The van der Waals surface area contributed by atoms with Gasteiger partial charge < -0.3 is 19.1 Å². The van der Waals surface area contributed by atoms with Crippen LogP contribution in [0, 0.1) is 0 Å². The summed E-state index contributed by atoms with van der Waals surface area (Å²) in [5, 5.41) is 0. The molecule has 0 bridgehead atoms. The number of amides is 1. The summed E-state index contributed by atoms with van der Waals surface area (Å²) in [6.45, 7) is 2.73. The zero-order valence-corrected chi connectivity index (χ0v) is 17.4. The Kier molecular flexibility index (Phi) is 5.52. The first-order valence-electron chi connectivity index (χ1n) is 10.9. The van der Waals surface area contributed by atoms with Crippen molar-refractivity contribution < 1.29 is 9.53 Å². The molecule has 2 aliphatic rings. The molecule has 1 amide bonds. The Morgan fingerprint density at radius 1 is 0.935 bits per heavy atom. The molecule has 1 aliphatic carbocycles. The molecule has 8 heteroatoms. The number of hydrogen-bond acceptors (Lipinski definition) is 6.